The molecule has 0 amide bonds. The van der Waals surface area contributed by atoms with Gasteiger partial charge in [-0.05, 0) is 12.3 Å². The van der Waals surface area contributed by atoms with Crippen molar-refractivity contribution in [3.8, 4) is 0 Å². The van der Waals surface area contributed by atoms with Crippen molar-refractivity contribution in [2.24, 2.45) is 5.92 Å². The first-order valence-corrected chi connectivity index (χ1v) is 6.09. The van der Waals surface area contributed by atoms with Gasteiger partial charge in [0.1, 0.15) is 6.61 Å². The fraction of sp³-hybridized carbons (Fsp3) is 1.00. The molecule has 0 saturated heterocycles. The standard InChI is InChI=1S/C9H19O3P/c1-3-9(2)7-5-4-6-8-12-13(10)11/h9H,3-8H2,1-2H3/p+1. The molecule has 0 bridgehead atoms. The minimum atomic E-state index is -2.39. The van der Waals surface area contributed by atoms with E-state index in [1.165, 1.54) is 19.3 Å². The second-order valence-corrected chi connectivity index (χ2v) is 4.17. The van der Waals surface area contributed by atoms with Gasteiger partial charge in [0.15, 0.2) is 0 Å². The average molecular weight is 207 g/mol. The van der Waals surface area contributed by atoms with Crippen molar-refractivity contribution in [2.75, 3.05) is 6.61 Å². The van der Waals surface area contributed by atoms with E-state index < -0.39 is 8.25 Å². The molecule has 0 fully saturated rings. The van der Waals surface area contributed by atoms with E-state index in [4.69, 9.17) is 4.89 Å². The summed E-state index contributed by atoms with van der Waals surface area (Å²) in [5, 5.41) is 0. The van der Waals surface area contributed by atoms with E-state index in [2.05, 4.69) is 18.4 Å². The van der Waals surface area contributed by atoms with Gasteiger partial charge in [-0.3, -0.25) is 0 Å². The van der Waals surface area contributed by atoms with Crippen LogP contribution in [0.4, 0.5) is 0 Å². The van der Waals surface area contributed by atoms with Crippen molar-refractivity contribution in [1.29, 1.82) is 0 Å². The molecule has 2 atom stereocenters. The Bertz CT molecular complexity index is 139. The highest BCUT2D eigenvalue weighted by molar-refractivity contribution is 7.32. The van der Waals surface area contributed by atoms with E-state index in [1.807, 2.05) is 0 Å². The molecular weight excluding hydrogens is 187 g/mol. The molecule has 78 valence electrons. The molecule has 0 aliphatic heterocycles. The summed E-state index contributed by atoms with van der Waals surface area (Å²) < 4.78 is 14.7. The minimum Gasteiger partial charge on any atom is -0.133 e. The van der Waals surface area contributed by atoms with Gasteiger partial charge in [-0.1, -0.05) is 39.5 Å². The van der Waals surface area contributed by atoms with E-state index in [-0.39, 0.29) is 0 Å². The smallest absolute Gasteiger partial charge is 0.133 e. The van der Waals surface area contributed by atoms with Crippen LogP contribution in [0.1, 0.15) is 46.0 Å². The van der Waals surface area contributed by atoms with E-state index in [0.29, 0.717) is 6.61 Å². The quantitative estimate of drug-likeness (QED) is 0.491. The van der Waals surface area contributed by atoms with E-state index in [0.717, 1.165) is 18.8 Å². The lowest BCUT2D eigenvalue weighted by Gasteiger charge is -2.06. The lowest BCUT2D eigenvalue weighted by Crippen LogP contribution is -1.93. The van der Waals surface area contributed by atoms with Gasteiger partial charge in [0.05, 0.1) is 0 Å². The molecule has 4 heteroatoms. The first kappa shape index (κ1) is 13.0. The highest BCUT2D eigenvalue weighted by Crippen LogP contribution is 2.16. The van der Waals surface area contributed by atoms with Crippen LogP contribution in [0.3, 0.4) is 0 Å². The molecule has 2 unspecified atom stereocenters. The summed E-state index contributed by atoms with van der Waals surface area (Å²) in [6.07, 6.45) is 5.66. The molecule has 0 aromatic carbocycles. The summed E-state index contributed by atoms with van der Waals surface area (Å²) >= 11 is 0. The molecule has 0 spiro atoms. The molecule has 0 aromatic heterocycles. The van der Waals surface area contributed by atoms with Gasteiger partial charge in [0, 0.05) is 4.57 Å². The summed E-state index contributed by atoms with van der Waals surface area (Å²) in [6.45, 7) is 4.86. The molecule has 0 aliphatic rings. The zero-order chi connectivity index (χ0) is 10.1. The van der Waals surface area contributed by atoms with Gasteiger partial charge in [0.25, 0.3) is 0 Å². The molecule has 13 heavy (non-hydrogen) atoms. The summed E-state index contributed by atoms with van der Waals surface area (Å²) in [6, 6.07) is 0. The highest BCUT2D eigenvalue weighted by Gasteiger charge is 2.10. The summed E-state index contributed by atoms with van der Waals surface area (Å²) in [5.74, 6) is 0.801. The predicted octanol–water partition coefficient (Wildman–Crippen LogP) is 3.26. The van der Waals surface area contributed by atoms with Crippen molar-refractivity contribution in [3.05, 3.63) is 0 Å². The van der Waals surface area contributed by atoms with Gasteiger partial charge in [-0.25, -0.2) is 0 Å². The van der Waals surface area contributed by atoms with Crippen LogP contribution in [0.15, 0.2) is 0 Å². The number of hydrogen-bond donors (Lipinski definition) is 1. The zero-order valence-electron chi connectivity index (χ0n) is 8.53. The lowest BCUT2D eigenvalue weighted by molar-refractivity contribution is 0.272. The van der Waals surface area contributed by atoms with Crippen LogP contribution in [-0.2, 0) is 9.09 Å². The fourth-order valence-corrected chi connectivity index (χ4v) is 1.40. The Labute approximate surface area is 81.4 Å². The third-order valence-electron chi connectivity index (χ3n) is 2.24. The molecule has 0 saturated carbocycles. The average Bonchev–Trinajstić information content (AvgIpc) is 2.10. The van der Waals surface area contributed by atoms with Crippen LogP contribution in [0.5, 0.6) is 0 Å². The van der Waals surface area contributed by atoms with Gasteiger partial charge in [0.2, 0.25) is 0 Å². The number of hydrogen-bond acceptors (Lipinski definition) is 2. The normalized spacial score (nSPS) is 14.2. The van der Waals surface area contributed by atoms with Crippen LogP contribution >= 0.6 is 8.25 Å². The highest BCUT2D eigenvalue weighted by atomic mass is 31.1. The van der Waals surface area contributed by atoms with E-state index >= 15 is 0 Å². The maximum absolute atomic E-state index is 10.1. The molecule has 0 radical (unpaired) electrons. The summed E-state index contributed by atoms with van der Waals surface area (Å²) in [7, 11) is -2.39. The van der Waals surface area contributed by atoms with Crippen LogP contribution in [0, 0.1) is 5.92 Å². The number of unbranched alkanes of at least 4 members (excludes halogenated alkanes) is 2. The van der Waals surface area contributed by atoms with Crippen LogP contribution in [-0.4, -0.2) is 11.5 Å². The number of rotatable bonds is 8. The fourth-order valence-electron chi connectivity index (χ4n) is 1.12. The minimum absolute atomic E-state index is 0.409. The van der Waals surface area contributed by atoms with Crippen molar-refractivity contribution in [2.45, 2.75) is 46.0 Å². The van der Waals surface area contributed by atoms with Crippen LogP contribution in [0.2, 0.25) is 0 Å². The first-order valence-electron chi connectivity index (χ1n) is 4.95. The third kappa shape index (κ3) is 9.94. The van der Waals surface area contributed by atoms with Gasteiger partial charge >= 0.3 is 8.25 Å². The topological polar surface area (TPSA) is 46.5 Å². The van der Waals surface area contributed by atoms with E-state index in [9.17, 15) is 4.57 Å². The van der Waals surface area contributed by atoms with Gasteiger partial charge in [-0.15, -0.1) is 9.42 Å². The van der Waals surface area contributed by atoms with Crippen molar-refractivity contribution in [3.63, 3.8) is 0 Å². The SMILES string of the molecule is CCC(C)CCCCCO[P+](=O)O. The molecule has 0 heterocycles. The Morgan fingerprint density at radius 2 is 2.08 bits per heavy atom. The largest absolute Gasteiger partial charge is 0.694 e. The first-order chi connectivity index (χ1) is 6.16. The molecule has 0 aliphatic carbocycles. The van der Waals surface area contributed by atoms with E-state index in [1.54, 1.807) is 0 Å². The second kappa shape index (κ2) is 8.61. The third-order valence-corrected chi connectivity index (χ3v) is 2.64. The van der Waals surface area contributed by atoms with Crippen molar-refractivity contribution >= 4 is 8.25 Å². The van der Waals surface area contributed by atoms with Crippen LogP contribution in [0.25, 0.3) is 0 Å². The summed E-state index contributed by atoms with van der Waals surface area (Å²) in [4.78, 5) is 8.32. The Morgan fingerprint density at radius 1 is 1.38 bits per heavy atom. The monoisotopic (exact) mass is 207 g/mol. The molecule has 0 aromatic rings. The van der Waals surface area contributed by atoms with Crippen molar-refractivity contribution in [1.82, 2.24) is 0 Å². The summed E-state index contributed by atoms with van der Waals surface area (Å²) in [5.41, 5.74) is 0. The zero-order valence-corrected chi connectivity index (χ0v) is 9.43. The Kier molecular flexibility index (Phi) is 8.62. The molecule has 0 rings (SSSR count). The second-order valence-electron chi connectivity index (χ2n) is 3.43. The predicted molar refractivity (Wildman–Crippen MR) is 53.7 cm³/mol. The Hall–Kier alpha value is 0.0200. The van der Waals surface area contributed by atoms with Gasteiger partial charge in [-0.2, -0.15) is 0 Å². The Morgan fingerprint density at radius 3 is 2.62 bits per heavy atom. The van der Waals surface area contributed by atoms with Crippen LogP contribution < -0.4 is 0 Å². The molecule has 3 nitrogen and oxygen atoms in total. The molecular formula is C9H20O3P+. The maximum atomic E-state index is 10.1. The molecule has 1 N–H and O–H groups in total. The van der Waals surface area contributed by atoms with Crippen molar-refractivity contribution < 1.29 is 14.0 Å². The van der Waals surface area contributed by atoms with Gasteiger partial charge < -0.3 is 0 Å². The maximum Gasteiger partial charge on any atom is 0.694 e. The lowest BCUT2D eigenvalue weighted by atomic mass is 10.0. The Balaban J connectivity index is 3.04.